The predicted molar refractivity (Wildman–Crippen MR) is 75.8 cm³/mol. The Morgan fingerprint density at radius 2 is 2.00 bits per heavy atom. The zero-order valence-electron chi connectivity index (χ0n) is 11.6. The van der Waals surface area contributed by atoms with Crippen molar-refractivity contribution in [1.29, 1.82) is 0 Å². The van der Waals surface area contributed by atoms with Gasteiger partial charge in [0.25, 0.3) is 5.91 Å². The Balaban J connectivity index is 1.83. The average Bonchev–Trinajstić information content (AvgIpc) is 2.76. The van der Waals surface area contributed by atoms with E-state index in [-0.39, 0.29) is 5.91 Å². The van der Waals surface area contributed by atoms with Gasteiger partial charge in [-0.05, 0) is 37.7 Å². The quantitative estimate of drug-likeness (QED) is 0.844. The first-order valence-electron chi connectivity index (χ1n) is 7.39. The van der Waals surface area contributed by atoms with E-state index >= 15 is 0 Å². The van der Waals surface area contributed by atoms with E-state index in [1.807, 2.05) is 17.8 Å². The molecule has 1 aromatic rings. The fourth-order valence-corrected chi connectivity index (χ4v) is 3.83. The van der Waals surface area contributed by atoms with Crippen LogP contribution in [-0.2, 0) is 7.05 Å². The van der Waals surface area contributed by atoms with Crippen LogP contribution in [0.25, 0.3) is 0 Å². The Labute approximate surface area is 114 Å². The molecule has 2 atom stereocenters. The van der Waals surface area contributed by atoms with Gasteiger partial charge in [-0.2, -0.15) is 0 Å². The number of amides is 1. The van der Waals surface area contributed by atoms with Gasteiger partial charge in [0, 0.05) is 25.8 Å². The van der Waals surface area contributed by atoms with Crippen LogP contribution >= 0.6 is 0 Å². The maximum Gasteiger partial charge on any atom is 0.270 e. The van der Waals surface area contributed by atoms with Gasteiger partial charge in [0.15, 0.2) is 0 Å². The molecule has 2 aliphatic rings. The van der Waals surface area contributed by atoms with Crippen molar-refractivity contribution in [3.8, 4) is 0 Å². The van der Waals surface area contributed by atoms with E-state index < -0.39 is 0 Å². The molecule has 1 aliphatic heterocycles. The van der Waals surface area contributed by atoms with E-state index in [0.29, 0.717) is 11.7 Å². The standard InChI is InChI=1S/C15H23N3O/c1-17-10-12(16)9-14(17)15(19)18-8-4-6-11-5-2-3-7-13(11)18/h9-11,13H,2-8,16H2,1H3/t11-,13-/m1/s1. The number of hydrogen-bond acceptors (Lipinski definition) is 2. The van der Waals surface area contributed by atoms with Crippen molar-refractivity contribution in [2.24, 2.45) is 13.0 Å². The molecule has 3 rings (SSSR count). The van der Waals surface area contributed by atoms with Crippen LogP contribution in [0.3, 0.4) is 0 Å². The summed E-state index contributed by atoms with van der Waals surface area (Å²) < 4.78 is 1.85. The number of carbonyl (C=O) groups excluding carboxylic acids is 1. The van der Waals surface area contributed by atoms with Gasteiger partial charge in [-0.25, -0.2) is 0 Å². The van der Waals surface area contributed by atoms with Crippen molar-refractivity contribution in [3.05, 3.63) is 18.0 Å². The first-order chi connectivity index (χ1) is 9.16. The minimum Gasteiger partial charge on any atom is -0.397 e. The molecule has 4 nitrogen and oxygen atoms in total. The molecular weight excluding hydrogens is 238 g/mol. The number of hydrogen-bond donors (Lipinski definition) is 1. The molecule has 0 bridgehead atoms. The highest BCUT2D eigenvalue weighted by molar-refractivity contribution is 5.94. The van der Waals surface area contributed by atoms with Gasteiger partial charge in [-0.1, -0.05) is 12.8 Å². The third kappa shape index (κ3) is 2.24. The molecule has 1 aliphatic carbocycles. The molecule has 4 heteroatoms. The van der Waals surface area contributed by atoms with Gasteiger partial charge in [0.1, 0.15) is 5.69 Å². The Morgan fingerprint density at radius 3 is 2.74 bits per heavy atom. The number of nitrogens with zero attached hydrogens (tertiary/aromatic N) is 2. The van der Waals surface area contributed by atoms with Crippen molar-refractivity contribution in [3.63, 3.8) is 0 Å². The zero-order chi connectivity index (χ0) is 13.4. The lowest BCUT2D eigenvalue weighted by atomic mass is 9.78. The molecule has 1 aromatic heterocycles. The maximum absolute atomic E-state index is 12.7. The number of anilines is 1. The van der Waals surface area contributed by atoms with Crippen molar-refractivity contribution >= 4 is 11.6 Å². The summed E-state index contributed by atoms with van der Waals surface area (Å²) in [6.45, 7) is 0.908. The molecule has 0 aromatic carbocycles. The van der Waals surface area contributed by atoms with Crippen LogP contribution in [0.15, 0.2) is 12.3 Å². The second kappa shape index (κ2) is 4.91. The Hall–Kier alpha value is -1.45. The lowest BCUT2D eigenvalue weighted by molar-refractivity contribution is 0.0382. The lowest BCUT2D eigenvalue weighted by Crippen LogP contribution is -2.50. The number of aromatic nitrogens is 1. The largest absolute Gasteiger partial charge is 0.397 e. The van der Waals surface area contributed by atoms with Crippen molar-refractivity contribution in [2.45, 2.75) is 44.6 Å². The van der Waals surface area contributed by atoms with E-state index in [1.54, 1.807) is 6.07 Å². The Kier molecular flexibility index (Phi) is 3.25. The molecule has 2 fully saturated rings. The Bertz CT molecular complexity index is 478. The fourth-order valence-electron chi connectivity index (χ4n) is 3.83. The molecular formula is C15H23N3O. The number of carbonyl (C=O) groups is 1. The van der Waals surface area contributed by atoms with Crippen LogP contribution < -0.4 is 5.73 Å². The normalized spacial score (nSPS) is 27.1. The number of fused-ring (bicyclic) bond motifs is 1. The third-order valence-corrected chi connectivity index (χ3v) is 4.75. The number of rotatable bonds is 1. The molecule has 2 heterocycles. The highest BCUT2D eigenvalue weighted by Gasteiger charge is 2.36. The highest BCUT2D eigenvalue weighted by atomic mass is 16.2. The van der Waals surface area contributed by atoms with Crippen LogP contribution in [0.4, 0.5) is 5.69 Å². The molecule has 104 valence electrons. The molecule has 1 saturated heterocycles. The van der Waals surface area contributed by atoms with Crippen molar-refractivity contribution < 1.29 is 4.79 Å². The second-order valence-corrected chi connectivity index (χ2v) is 6.02. The molecule has 19 heavy (non-hydrogen) atoms. The predicted octanol–water partition coefficient (Wildman–Crippen LogP) is 2.40. The monoisotopic (exact) mass is 261 g/mol. The molecule has 0 spiro atoms. The third-order valence-electron chi connectivity index (χ3n) is 4.75. The van der Waals surface area contributed by atoms with Gasteiger partial charge in [0.2, 0.25) is 0 Å². The second-order valence-electron chi connectivity index (χ2n) is 6.02. The Morgan fingerprint density at radius 1 is 1.26 bits per heavy atom. The minimum atomic E-state index is 0.163. The summed E-state index contributed by atoms with van der Waals surface area (Å²) in [6.07, 6.45) is 9.33. The molecule has 0 unspecified atom stereocenters. The van der Waals surface area contributed by atoms with Gasteiger partial charge >= 0.3 is 0 Å². The molecule has 1 saturated carbocycles. The van der Waals surface area contributed by atoms with Gasteiger partial charge < -0.3 is 15.2 Å². The zero-order valence-corrected chi connectivity index (χ0v) is 11.6. The van der Waals surface area contributed by atoms with Gasteiger partial charge in [0.05, 0.1) is 5.69 Å². The molecule has 1 amide bonds. The number of nitrogen functional groups attached to an aromatic ring is 1. The van der Waals surface area contributed by atoms with Gasteiger partial charge in [-0.3, -0.25) is 4.79 Å². The van der Waals surface area contributed by atoms with Crippen molar-refractivity contribution in [1.82, 2.24) is 9.47 Å². The summed E-state index contributed by atoms with van der Waals surface area (Å²) >= 11 is 0. The molecule has 0 radical (unpaired) electrons. The first-order valence-corrected chi connectivity index (χ1v) is 7.39. The highest BCUT2D eigenvalue weighted by Crippen LogP contribution is 2.36. The number of nitrogens with two attached hydrogens (primary N) is 1. The van der Waals surface area contributed by atoms with Crippen LogP contribution in [0, 0.1) is 5.92 Å². The summed E-state index contributed by atoms with van der Waals surface area (Å²) in [6, 6.07) is 2.26. The minimum absolute atomic E-state index is 0.163. The van der Waals surface area contributed by atoms with E-state index in [9.17, 15) is 4.79 Å². The van der Waals surface area contributed by atoms with E-state index in [4.69, 9.17) is 5.73 Å². The van der Waals surface area contributed by atoms with Crippen molar-refractivity contribution in [2.75, 3.05) is 12.3 Å². The topological polar surface area (TPSA) is 51.3 Å². The lowest BCUT2D eigenvalue weighted by Gasteiger charge is -2.44. The van der Waals surface area contributed by atoms with Gasteiger partial charge in [-0.15, -0.1) is 0 Å². The smallest absolute Gasteiger partial charge is 0.270 e. The average molecular weight is 261 g/mol. The van der Waals surface area contributed by atoms with Crippen LogP contribution in [0.2, 0.25) is 0 Å². The van der Waals surface area contributed by atoms with E-state index in [0.717, 1.165) is 24.6 Å². The number of piperidine rings is 1. The van der Waals surface area contributed by atoms with Crippen LogP contribution in [0.5, 0.6) is 0 Å². The van der Waals surface area contributed by atoms with Crippen LogP contribution in [0.1, 0.15) is 49.0 Å². The van der Waals surface area contributed by atoms with E-state index in [1.165, 1.54) is 32.1 Å². The summed E-state index contributed by atoms with van der Waals surface area (Å²) in [5, 5.41) is 0. The maximum atomic E-state index is 12.7. The molecule has 2 N–H and O–H groups in total. The number of aryl methyl sites for hydroxylation is 1. The summed E-state index contributed by atoms with van der Waals surface area (Å²) in [7, 11) is 1.89. The summed E-state index contributed by atoms with van der Waals surface area (Å²) in [5.74, 6) is 0.889. The van der Waals surface area contributed by atoms with Crippen LogP contribution in [-0.4, -0.2) is 28.0 Å². The number of likely N-dealkylation sites (tertiary alicyclic amines) is 1. The van der Waals surface area contributed by atoms with E-state index in [2.05, 4.69) is 4.90 Å². The summed E-state index contributed by atoms with van der Waals surface area (Å²) in [4.78, 5) is 14.9. The first kappa shape index (κ1) is 12.6. The SMILES string of the molecule is Cn1cc(N)cc1C(=O)N1CCC[C@H]2CCCC[C@H]21. The summed E-state index contributed by atoms with van der Waals surface area (Å²) in [5.41, 5.74) is 7.18. The fraction of sp³-hybridized carbons (Fsp3) is 0.667.